The van der Waals surface area contributed by atoms with Crippen LogP contribution in [0, 0.1) is 6.92 Å². The molecule has 0 spiro atoms. The van der Waals surface area contributed by atoms with E-state index >= 15 is 0 Å². The molecule has 0 amide bonds. The van der Waals surface area contributed by atoms with Crippen molar-refractivity contribution in [2.75, 3.05) is 27.4 Å². The predicted molar refractivity (Wildman–Crippen MR) is 190 cm³/mol. The maximum absolute atomic E-state index is 13.0. The maximum atomic E-state index is 13.0. The number of hydrogen-bond acceptors (Lipinski definition) is 10. The van der Waals surface area contributed by atoms with Crippen molar-refractivity contribution in [3.63, 3.8) is 0 Å². The Kier molecular flexibility index (Phi) is 10.1. The van der Waals surface area contributed by atoms with Crippen LogP contribution < -0.4 is 20.7 Å². The highest BCUT2D eigenvalue weighted by molar-refractivity contribution is 8.68. The van der Waals surface area contributed by atoms with Gasteiger partial charge in [-0.15, -0.1) is 0 Å². The minimum absolute atomic E-state index is 0.0641. The van der Waals surface area contributed by atoms with Crippen LogP contribution in [0.3, 0.4) is 0 Å². The number of aromatic amines is 1. The Morgan fingerprint density at radius 1 is 0.958 bits per heavy atom. The lowest BCUT2D eigenvalue weighted by molar-refractivity contribution is -0.0914. The van der Waals surface area contributed by atoms with Crippen LogP contribution in [0.1, 0.15) is 48.8 Å². The molecule has 4 unspecified atom stereocenters. The second kappa shape index (κ2) is 14.0. The summed E-state index contributed by atoms with van der Waals surface area (Å²) in [5, 5.41) is 0. The highest BCUT2D eigenvalue weighted by Crippen LogP contribution is 2.71. The van der Waals surface area contributed by atoms with Gasteiger partial charge in [0.25, 0.3) is 5.56 Å². The average molecular weight is 711 g/mol. The largest absolute Gasteiger partial charge is 0.497 e. The van der Waals surface area contributed by atoms with Crippen LogP contribution >= 0.6 is 17.1 Å². The molecule has 6 rings (SSSR count). The molecule has 4 atom stereocenters. The van der Waals surface area contributed by atoms with Crippen molar-refractivity contribution < 1.29 is 28.0 Å². The van der Waals surface area contributed by atoms with Crippen molar-refractivity contribution in [1.82, 2.24) is 9.55 Å². The smallest absolute Gasteiger partial charge is 0.330 e. The molecule has 10 nitrogen and oxygen atoms in total. The zero-order valence-corrected chi connectivity index (χ0v) is 29.9. The number of nitrogens with zero attached hydrogens (tertiary/aromatic N) is 1. The van der Waals surface area contributed by atoms with Crippen LogP contribution in [0.15, 0.2) is 94.6 Å². The van der Waals surface area contributed by atoms with Crippen molar-refractivity contribution in [3.05, 3.63) is 128 Å². The first-order valence-corrected chi connectivity index (χ1v) is 19.6. The van der Waals surface area contributed by atoms with E-state index in [1.54, 1.807) is 21.1 Å². The predicted octanol–water partition coefficient (Wildman–Crippen LogP) is 6.31. The fourth-order valence-corrected chi connectivity index (χ4v) is 13.1. The van der Waals surface area contributed by atoms with Crippen LogP contribution in [0.5, 0.6) is 11.5 Å². The molecule has 1 N–H and O–H groups in total. The van der Waals surface area contributed by atoms with E-state index < -0.39 is 41.0 Å². The maximum Gasteiger partial charge on any atom is 0.330 e. The van der Waals surface area contributed by atoms with Gasteiger partial charge in [-0.2, -0.15) is 0 Å². The third-order valence-corrected chi connectivity index (χ3v) is 14.3. The Balaban J connectivity index is 1.42. The molecule has 254 valence electrons. The molecule has 0 radical (unpaired) electrons. The number of rotatable bonds is 11. The Labute approximate surface area is 288 Å². The second-order valence-electron chi connectivity index (χ2n) is 12.4. The Bertz CT molecular complexity index is 1850. The van der Waals surface area contributed by atoms with Crippen molar-refractivity contribution >= 4 is 28.9 Å². The van der Waals surface area contributed by atoms with Crippen LogP contribution in [-0.2, 0) is 35.9 Å². The zero-order chi connectivity index (χ0) is 34.1. The summed E-state index contributed by atoms with van der Waals surface area (Å²) < 4.78 is 38.6. The van der Waals surface area contributed by atoms with Crippen molar-refractivity contribution in [2.24, 2.45) is 0 Å². The number of nitrogens with one attached hydrogen (secondary N) is 1. The van der Waals surface area contributed by atoms with Crippen molar-refractivity contribution in [1.29, 1.82) is 0 Å². The van der Waals surface area contributed by atoms with Crippen molar-refractivity contribution in [3.8, 4) is 11.5 Å². The highest BCUT2D eigenvalue weighted by Gasteiger charge is 2.47. The third kappa shape index (κ3) is 7.07. The second-order valence-corrected chi connectivity index (χ2v) is 19.2. The van der Waals surface area contributed by atoms with Gasteiger partial charge in [0.1, 0.15) is 29.4 Å². The van der Waals surface area contributed by atoms with E-state index in [0.717, 1.165) is 16.7 Å². The number of aryl methyl sites for hydroxylation is 1. The first-order chi connectivity index (χ1) is 22.9. The first-order valence-electron chi connectivity index (χ1n) is 15.5. The van der Waals surface area contributed by atoms with Gasteiger partial charge in [0.15, 0.2) is 0 Å². The molecule has 2 saturated heterocycles. The monoisotopic (exact) mass is 710 g/mol. The van der Waals surface area contributed by atoms with Gasteiger partial charge in [0.05, 0.1) is 33.5 Å². The molecule has 1 aromatic heterocycles. The topological polar surface area (TPSA) is 110 Å². The van der Waals surface area contributed by atoms with Crippen LogP contribution in [-0.4, -0.2) is 53.9 Å². The van der Waals surface area contributed by atoms with E-state index in [0.29, 0.717) is 30.1 Å². The minimum Gasteiger partial charge on any atom is -0.497 e. The zero-order valence-electron chi connectivity index (χ0n) is 27.4. The van der Waals surface area contributed by atoms with Gasteiger partial charge in [-0.3, -0.25) is 14.3 Å². The normalized spacial score (nSPS) is 23.6. The first kappa shape index (κ1) is 34.6. The summed E-state index contributed by atoms with van der Waals surface area (Å²) in [6.07, 6.45) is -0.145. The SMILES string of the molecule is COc1ccc(C(OCC2OC(n3cc(C)c(=O)[nH]c3=O)CC2OP2(=S)OCC(C)(C)S2)(c2ccccc2)c2ccc(OC)cc2)cc1. The molecular weight excluding hydrogens is 671 g/mol. The lowest BCUT2D eigenvalue weighted by Gasteiger charge is -2.37. The molecule has 4 aromatic rings. The van der Waals surface area contributed by atoms with Gasteiger partial charge >= 0.3 is 5.69 Å². The number of H-pyrrole nitrogens is 1. The molecule has 3 heterocycles. The van der Waals surface area contributed by atoms with Gasteiger partial charge in [0, 0.05) is 22.9 Å². The molecule has 2 aliphatic rings. The fraction of sp³-hybridized carbons (Fsp3) is 0.371. The molecule has 13 heteroatoms. The van der Waals surface area contributed by atoms with Crippen LogP contribution in [0.25, 0.3) is 0 Å². The molecule has 3 aromatic carbocycles. The van der Waals surface area contributed by atoms with E-state index in [4.69, 9.17) is 39.8 Å². The molecule has 0 bridgehead atoms. The summed E-state index contributed by atoms with van der Waals surface area (Å²) in [4.78, 5) is 27.5. The van der Waals surface area contributed by atoms with E-state index in [1.165, 1.54) is 22.1 Å². The van der Waals surface area contributed by atoms with Crippen LogP contribution in [0.4, 0.5) is 0 Å². The van der Waals surface area contributed by atoms with Gasteiger partial charge in [-0.1, -0.05) is 66.0 Å². The lowest BCUT2D eigenvalue weighted by atomic mass is 9.80. The fourth-order valence-electron chi connectivity index (χ4n) is 6.02. The number of aromatic nitrogens is 2. The standard InChI is InChI=1S/C35H39N2O8PS2/c1-23-20-37(33(39)36-32(23)38)31-19-29(45-46(47)43-22-34(2,3)48-46)30(44-31)21-42-35(24-9-7-6-8-10-24,25-11-15-27(40-4)16-12-25)26-13-17-28(41-5)18-14-26/h6-18,20,29-31H,19,21-22H2,1-5H3,(H,36,38,39). The quantitative estimate of drug-likeness (QED) is 0.141. The number of methoxy groups -OCH3 is 2. The number of benzene rings is 3. The van der Waals surface area contributed by atoms with Gasteiger partial charge < -0.3 is 28.0 Å². The summed E-state index contributed by atoms with van der Waals surface area (Å²) in [7, 11) is 3.26. The van der Waals surface area contributed by atoms with E-state index in [2.05, 4.69) is 18.8 Å². The van der Waals surface area contributed by atoms with Crippen molar-refractivity contribution in [2.45, 2.75) is 56.0 Å². The Morgan fingerprint density at radius 3 is 2.08 bits per heavy atom. The minimum atomic E-state index is -2.74. The number of ether oxygens (including phenoxy) is 4. The molecule has 0 aliphatic carbocycles. The summed E-state index contributed by atoms with van der Waals surface area (Å²) >= 11 is 7.48. The van der Waals surface area contributed by atoms with Gasteiger partial charge in [0.2, 0.25) is 5.69 Å². The molecule has 48 heavy (non-hydrogen) atoms. The van der Waals surface area contributed by atoms with Gasteiger partial charge in [-0.05, 0) is 73.5 Å². The summed E-state index contributed by atoms with van der Waals surface area (Å²) in [6, 6.07) is 25.5. The van der Waals surface area contributed by atoms with Crippen LogP contribution in [0.2, 0.25) is 0 Å². The summed E-state index contributed by atoms with van der Waals surface area (Å²) in [5.41, 5.74) is -1.84. The summed E-state index contributed by atoms with van der Waals surface area (Å²) in [6.45, 7) is 6.33. The third-order valence-electron chi connectivity index (χ3n) is 8.47. The number of hydrogen-bond donors (Lipinski definition) is 1. The highest BCUT2D eigenvalue weighted by atomic mass is 32.9. The van der Waals surface area contributed by atoms with E-state index in [-0.39, 0.29) is 11.4 Å². The molecule has 2 aliphatic heterocycles. The molecule has 0 saturated carbocycles. The average Bonchev–Trinajstić information content (AvgIpc) is 3.61. The van der Waals surface area contributed by atoms with Gasteiger partial charge in [-0.25, -0.2) is 4.79 Å². The lowest BCUT2D eigenvalue weighted by Crippen LogP contribution is -2.38. The Morgan fingerprint density at radius 2 is 1.54 bits per heavy atom. The summed E-state index contributed by atoms with van der Waals surface area (Å²) in [5.74, 6) is 1.42. The van der Waals surface area contributed by atoms with E-state index in [1.807, 2.05) is 78.9 Å². The molecular formula is C35H39N2O8PS2. The Hall–Kier alpha value is -3.22. The molecule has 2 fully saturated rings. The van der Waals surface area contributed by atoms with E-state index in [9.17, 15) is 9.59 Å².